The lowest BCUT2D eigenvalue weighted by Gasteiger charge is -2.12. The Hall–Kier alpha value is -3.52. The third-order valence-electron chi connectivity index (χ3n) is 4.78. The molecule has 1 fully saturated rings. The minimum absolute atomic E-state index is 0.138. The number of rotatable bonds is 3. The number of carbonyl (C=O) groups excluding carboxylic acids is 3. The molecule has 2 amide bonds. The van der Waals surface area contributed by atoms with Crippen LogP contribution in [0.5, 0.6) is 0 Å². The average molecular weight is 378 g/mol. The van der Waals surface area contributed by atoms with Gasteiger partial charge >= 0.3 is 5.97 Å². The fraction of sp³-hybridized carbons (Fsp3) is 0.200. The Morgan fingerprint density at radius 1 is 1.11 bits per heavy atom. The summed E-state index contributed by atoms with van der Waals surface area (Å²) < 4.78 is 11.3. The Morgan fingerprint density at radius 2 is 1.86 bits per heavy atom. The Morgan fingerprint density at radius 3 is 2.54 bits per heavy atom. The molecule has 140 valence electrons. The molecule has 1 aromatic heterocycles. The van der Waals surface area contributed by atoms with Crippen LogP contribution in [0.4, 0.5) is 0 Å². The van der Waals surface area contributed by atoms with Crippen molar-refractivity contribution in [1.29, 1.82) is 0 Å². The van der Waals surface area contributed by atoms with E-state index in [4.69, 9.17) is 14.0 Å². The second-order valence-corrected chi connectivity index (χ2v) is 6.57. The zero-order chi connectivity index (χ0) is 19.3. The highest BCUT2D eigenvalue weighted by Crippen LogP contribution is 2.31. The number of oxazole rings is 1. The van der Waals surface area contributed by atoms with Crippen LogP contribution < -0.4 is 0 Å². The smallest absolute Gasteiger partial charge is 0.364 e. The quantitative estimate of drug-likeness (QED) is 0.646. The standard InChI is InChI=1S/C20H14N2O6/c23-18-12-4-1-2-5-13(12)19(24)22(18)28-20(25)11-7-8-14-16(10-11)27-17(21-14)15-6-3-9-26-15/h1-2,4-5,7-8,10,15H,3,6,9H2. The molecular weight excluding hydrogens is 364 g/mol. The number of hydrogen-bond acceptors (Lipinski definition) is 7. The van der Waals surface area contributed by atoms with Crippen LogP contribution in [0.25, 0.3) is 11.1 Å². The molecule has 2 aromatic carbocycles. The molecule has 3 aromatic rings. The summed E-state index contributed by atoms with van der Waals surface area (Å²) in [5, 5.41) is 0.482. The summed E-state index contributed by atoms with van der Waals surface area (Å²) in [4.78, 5) is 46.6. The molecule has 0 N–H and O–H groups in total. The maximum absolute atomic E-state index is 12.5. The highest BCUT2D eigenvalue weighted by Gasteiger charge is 2.38. The Labute approximate surface area is 158 Å². The van der Waals surface area contributed by atoms with Gasteiger partial charge in [0.25, 0.3) is 11.8 Å². The van der Waals surface area contributed by atoms with E-state index in [-0.39, 0.29) is 22.8 Å². The highest BCUT2D eigenvalue weighted by atomic mass is 16.7. The first-order valence-electron chi connectivity index (χ1n) is 8.84. The van der Waals surface area contributed by atoms with E-state index in [0.29, 0.717) is 28.7 Å². The van der Waals surface area contributed by atoms with E-state index in [1.807, 2.05) is 0 Å². The molecule has 1 atom stereocenters. The molecule has 8 heteroatoms. The number of benzene rings is 2. The van der Waals surface area contributed by atoms with Crippen molar-refractivity contribution in [2.75, 3.05) is 6.61 Å². The molecule has 1 saturated heterocycles. The number of amides is 2. The van der Waals surface area contributed by atoms with Gasteiger partial charge < -0.3 is 14.0 Å². The van der Waals surface area contributed by atoms with Crippen molar-refractivity contribution in [1.82, 2.24) is 10.0 Å². The molecule has 2 aliphatic heterocycles. The largest absolute Gasteiger partial charge is 0.438 e. The Bertz CT molecular complexity index is 1090. The first kappa shape index (κ1) is 16.6. The van der Waals surface area contributed by atoms with Crippen LogP contribution in [0.3, 0.4) is 0 Å². The molecule has 0 spiro atoms. The minimum atomic E-state index is -0.841. The summed E-state index contributed by atoms with van der Waals surface area (Å²) in [5.41, 5.74) is 1.53. The molecule has 0 aliphatic carbocycles. The second kappa shape index (κ2) is 6.28. The van der Waals surface area contributed by atoms with Crippen molar-refractivity contribution in [3.05, 3.63) is 65.0 Å². The van der Waals surface area contributed by atoms with Gasteiger partial charge in [-0.1, -0.05) is 17.2 Å². The van der Waals surface area contributed by atoms with Crippen LogP contribution in [-0.2, 0) is 9.57 Å². The molecule has 1 unspecified atom stereocenters. The summed E-state index contributed by atoms with van der Waals surface area (Å²) in [6.07, 6.45) is 1.60. The molecule has 5 rings (SSSR count). The van der Waals surface area contributed by atoms with E-state index in [1.165, 1.54) is 24.3 Å². The van der Waals surface area contributed by atoms with Crippen LogP contribution in [-0.4, -0.2) is 34.4 Å². The summed E-state index contributed by atoms with van der Waals surface area (Å²) in [6.45, 7) is 0.668. The molecule has 8 nitrogen and oxygen atoms in total. The Balaban J connectivity index is 1.39. The van der Waals surface area contributed by atoms with Crippen molar-refractivity contribution in [3.63, 3.8) is 0 Å². The third kappa shape index (κ3) is 2.57. The van der Waals surface area contributed by atoms with Crippen molar-refractivity contribution in [3.8, 4) is 0 Å². The van der Waals surface area contributed by atoms with E-state index < -0.39 is 17.8 Å². The van der Waals surface area contributed by atoms with Gasteiger partial charge in [0.1, 0.15) is 11.6 Å². The number of hydrogen-bond donors (Lipinski definition) is 0. The number of nitrogens with zero attached hydrogens (tertiary/aromatic N) is 2. The fourth-order valence-corrected chi connectivity index (χ4v) is 3.37. The third-order valence-corrected chi connectivity index (χ3v) is 4.78. The molecule has 28 heavy (non-hydrogen) atoms. The van der Waals surface area contributed by atoms with E-state index in [0.717, 1.165) is 12.8 Å². The number of aromatic nitrogens is 1. The van der Waals surface area contributed by atoms with Gasteiger partial charge in [-0.15, -0.1) is 0 Å². The predicted octanol–water partition coefficient (Wildman–Crippen LogP) is 3.05. The average Bonchev–Trinajstić information content (AvgIpc) is 3.43. The van der Waals surface area contributed by atoms with Crippen LogP contribution >= 0.6 is 0 Å². The first-order valence-corrected chi connectivity index (χ1v) is 8.84. The second-order valence-electron chi connectivity index (χ2n) is 6.57. The van der Waals surface area contributed by atoms with Crippen molar-refractivity contribution < 1.29 is 28.4 Å². The lowest BCUT2D eigenvalue weighted by molar-refractivity contribution is -0.0584. The van der Waals surface area contributed by atoms with Gasteiger partial charge in [0, 0.05) is 6.61 Å². The minimum Gasteiger partial charge on any atom is -0.438 e. The normalized spacial score (nSPS) is 18.7. The molecular formula is C20H14N2O6. The van der Waals surface area contributed by atoms with E-state index in [1.54, 1.807) is 18.2 Å². The van der Waals surface area contributed by atoms with Crippen LogP contribution in [0.15, 0.2) is 46.9 Å². The SMILES string of the molecule is O=C(ON1C(=O)c2ccccc2C1=O)c1ccc2nc(C3CCCO3)oc2c1. The molecule has 0 radical (unpaired) electrons. The van der Waals surface area contributed by atoms with Crippen LogP contribution in [0, 0.1) is 0 Å². The van der Waals surface area contributed by atoms with Gasteiger partial charge in [-0.2, -0.15) is 0 Å². The van der Waals surface area contributed by atoms with Gasteiger partial charge in [-0.25, -0.2) is 9.78 Å². The molecule has 2 aliphatic rings. The topological polar surface area (TPSA) is 98.9 Å². The van der Waals surface area contributed by atoms with Gasteiger partial charge in [0.05, 0.1) is 16.7 Å². The van der Waals surface area contributed by atoms with Crippen molar-refractivity contribution in [2.45, 2.75) is 18.9 Å². The van der Waals surface area contributed by atoms with E-state index >= 15 is 0 Å². The summed E-state index contributed by atoms with van der Waals surface area (Å²) >= 11 is 0. The number of imide groups is 1. The van der Waals surface area contributed by atoms with Gasteiger partial charge in [0.15, 0.2) is 5.58 Å². The number of hydroxylamine groups is 2. The van der Waals surface area contributed by atoms with Gasteiger partial charge in [0.2, 0.25) is 5.89 Å². The molecule has 0 saturated carbocycles. The summed E-state index contributed by atoms with van der Waals surface area (Å²) in [6, 6.07) is 10.9. The summed E-state index contributed by atoms with van der Waals surface area (Å²) in [7, 11) is 0. The fourth-order valence-electron chi connectivity index (χ4n) is 3.37. The van der Waals surface area contributed by atoms with Crippen LogP contribution in [0.2, 0.25) is 0 Å². The van der Waals surface area contributed by atoms with Gasteiger partial charge in [-0.3, -0.25) is 9.59 Å². The molecule has 3 heterocycles. The van der Waals surface area contributed by atoms with Gasteiger partial charge in [-0.05, 0) is 43.2 Å². The lowest BCUT2D eigenvalue weighted by Crippen LogP contribution is -2.32. The van der Waals surface area contributed by atoms with E-state index in [9.17, 15) is 14.4 Å². The van der Waals surface area contributed by atoms with Crippen molar-refractivity contribution >= 4 is 28.9 Å². The Kier molecular flexibility index (Phi) is 3.73. The highest BCUT2D eigenvalue weighted by molar-refractivity contribution is 6.21. The maximum atomic E-state index is 12.5. The van der Waals surface area contributed by atoms with Crippen molar-refractivity contribution in [2.24, 2.45) is 0 Å². The number of carbonyl (C=O) groups is 3. The lowest BCUT2D eigenvalue weighted by atomic mass is 10.1. The predicted molar refractivity (Wildman–Crippen MR) is 94.3 cm³/mol. The molecule has 0 bridgehead atoms. The maximum Gasteiger partial charge on any atom is 0.364 e. The zero-order valence-electron chi connectivity index (χ0n) is 14.6. The first-order chi connectivity index (χ1) is 13.6. The number of fused-ring (bicyclic) bond motifs is 2. The van der Waals surface area contributed by atoms with E-state index in [2.05, 4.69) is 4.98 Å². The van der Waals surface area contributed by atoms with Crippen LogP contribution in [0.1, 0.15) is 55.9 Å². The monoisotopic (exact) mass is 378 g/mol. The zero-order valence-corrected chi connectivity index (χ0v) is 14.6. The number of ether oxygens (including phenoxy) is 1. The summed E-state index contributed by atoms with van der Waals surface area (Å²) in [5.74, 6) is -1.71.